The molecule has 0 bridgehead atoms. The highest BCUT2D eigenvalue weighted by Crippen LogP contribution is 2.30. The Hall–Kier alpha value is -1.26. The van der Waals surface area contributed by atoms with Gasteiger partial charge in [-0.15, -0.1) is 0 Å². The number of benzene rings is 1. The van der Waals surface area contributed by atoms with Gasteiger partial charge >= 0.3 is 0 Å². The van der Waals surface area contributed by atoms with E-state index < -0.39 is 0 Å². The summed E-state index contributed by atoms with van der Waals surface area (Å²) in [6, 6.07) is 6.72. The van der Waals surface area contributed by atoms with Crippen LogP contribution in [0.15, 0.2) is 18.2 Å². The molecule has 4 nitrogen and oxygen atoms in total. The van der Waals surface area contributed by atoms with Gasteiger partial charge in [-0.1, -0.05) is 0 Å². The van der Waals surface area contributed by atoms with Crippen molar-refractivity contribution < 1.29 is 9.47 Å². The standard InChI is InChI=1S/C16H24N2O2/c1-19-14-5-6-16(20-2)13(8-14)10-18-9-12-4-3-7-17-15(12)11-18/h5-6,8,12,15,17H,3-4,7,9-11H2,1-2H3. The highest BCUT2D eigenvalue weighted by Gasteiger charge is 2.34. The van der Waals surface area contributed by atoms with Crippen molar-refractivity contribution in [3.05, 3.63) is 23.8 Å². The second-order valence-corrected chi connectivity index (χ2v) is 5.83. The van der Waals surface area contributed by atoms with Gasteiger partial charge in [-0.05, 0) is 43.5 Å². The van der Waals surface area contributed by atoms with E-state index in [9.17, 15) is 0 Å². The van der Waals surface area contributed by atoms with Crippen LogP contribution in [0, 0.1) is 5.92 Å². The first-order valence-corrected chi connectivity index (χ1v) is 7.47. The SMILES string of the molecule is COc1ccc(OC)c(CN2CC3CCCNC3C2)c1. The van der Waals surface area contributed by atoms with E-state index in [1.807, 2.05) is 12.1 Å². The Morgan fingerprint density at radius 2 is 2.15 bits per heavy atom. The summed E-state index contributed by atoms with van der Waals surface area (Å²) in [7, 11) is 3.44. The van der Waals surface area contributed by atoms with E-state index in [2.05, 4.69) is 16.3 Å². The van der Waals surface area contributed by atoms with Gasteiger partial charge in [-0.3, -0.25) is 4.90 Å². The normalized spacial score (nSPS) is 26.3. The van der Waals surface area contributed by atoms with Crippen molar-refractivity contribution in [2.45, 2.75) is 25.4 Å². The van der Waals surface area contributed by atoms with Gasteiger partial charge in [-0.2, -0.15) is 0 Å². The predicted octanol–water partition coefficient (Wildman–Crippen LogP) is 1.89. The Labute approximate surface area is 121 Å². The van der Waals surface area contributed by atoms with Gasteiger partial charge in [0.1, 0.15) is 11.5 Å². The Kier molecular flexibility index (Phi) is 4.13. The predicted molar refractivity (Wildman–Crippen MR) is 79.3 cm³/mol. The molecule has 0 radical (unpaired) electrons. The minimum absolute atomic E-state index is 0.681. The Balaban J connectivity index is 1.71. The number of nitrogens with zero attached hydrogens (tertiary/aromatic N) is 1. The lowest BCUT2D eigenvalue weighted by molar-refractivity contribution is 0.304. The lowest BCUT2D eigenvalue weighted by atomic mass is 9.94. The van der Waals surface area contributed by atoms with Gasteiger partial charge in [-0.25, -0.2) is 0 Å². The fourth-order valence-electron chi connectivity index (χ4n) is 3.51. The minimum atomic E-state index is 0.681. The molecule has 0 aromatic heterocycles. The summed E-state index contributed by atoms with van der Waals surface area (Å²) in [6.07, 6.45) is 2.68. The molecule has 0 spiro atoms. The Morgan fingerprint density at radius 3 is 2.90 bits per heavy atom. The number of hydrogen-bond acceptors (Lipinski definition) is 4. The summed E-state index contributed by atoms with van der Waals surface area (Å²) >= 11 is 0. The number of ether oxygens (including phenoxy) is 2. The van der Waals surface area contributed by atoms with Gasteiger partial charge in [0.15, 0.2) is 0 Å². The van der Waals surface area contributed by atoms with Crippen molar-refractivity contribution in [1.82, 2.24) is 10.2 Å². The molecule has 110 valence electrons. The van der Waals surface area contributed by atoms with E-state index in [1.165, 1.54) is 31.5 Å². The van der Waals surface area contributed by atoms with Gasteiger partial charge in [0.25, 0.3) is 0 Å². The minimum Gasteiger partial charge on any atom is -0.497 e. The molecule has 0 amide bonds. The van der Waals surface area contributed by atoms with Crippen LogP contribution in [-0.4, -0.2) is 44.8 Å². The molecular weight excluding hydrogens is 252 g/mol. The Morgan fingerprint density at radius 1 is 1.25 bits per heavy atom. The second-order valence-electron chi connectivity index (χ2n) is 5.83. The van der Waals surface area contributed by atoms with Crippen LogP contribution in [0.4, 0.5) is 0 Å². The number of likely N-dealkylation sites (tertiary alicyclic amines) is 1. The van der Waals surface area contributed by atoms with E-state index in [4.69, 9.17) is 9.47 Å². The highest BCUT2D eigenvalue weighted by molar-refractivity contribution is 5.40. The molecule has 2 aliphatic heterocycles. The lowest BCUT2D eigenvalue weighted by Crippen LogP contribution is -2.40. The molecule has 4 heteroatoms. The number of piperidine rings is 1. The molecule has 3 rings (SSSR count). The largest absolute Gasteiger partial charge is 0.497 e. The van der Waals surface area contributed by atoms with Gasteiger partial charge < -0.3 is 14.8 Å². The zero-order valence-electron chi connectivity index (χ0n) is 12.4. The smallest absolute Gasteiger partial charge is 0.123 e. The summed E-state index contributed by atoms with van der Waals surface area (Å²) in [6.45, 7) is 4.45. The first kappa shape index (κ1) is 13.7. The number of nitrogens with one attached hydrogen (secondary N) is 1. The van der Waals surface area contributed by atoms with Crippen LogP contribution in [0.1, 0.15) is 18.4 Å². The fraction of sp³-hybridized carbons (Fsp3) is 0.625. The Bertz CT molecular complexity index is 450. The van der Waals surface area contributed by atoms with Crippen molar-refractivity contribution in [2.75, 3.05) is 33.9 Å². The molecule has 0 saturated carbocycles. The molecule has 20 heavy (non-hydrogen) atoms. The molecule has 2 heterocycles. The average molecular weight is 276 g/mol. The molecule has 2 atom stereocenters. The average Bonchev–Trinajstić information content (AvgIpc) is 2.89. The summed E-state index contributed by atoms with van der Waals surface area (Å²) < 4.78 is 10.8. The van der Waals surface area contributed by atoms with Gasteiger partial charge in [0.2, 0.25) is 0 Å². The van der Waals surface area contributed by atoms with Gasteiger partial charge in [0.05, 0.1) is 14.2 Å². The number of fused-ring (bicyclic) bond motifs is 1. The first-order valence-electron chi connectivity index (χ1n) is 7.47. The van der Waals surface area contributed by atoms with Crippen LogP contribution < -0.4 is 14.8 Å². The molecule has 1 aromatic carbocycles. The molecule has 0 aliphatic carbocycles. The number of hydrogen-bond donors (Lipinski definition) is 1. The van der Waals surface area contributed by atoms with Crippen LogP contribution in [0.5, 0.6) is 11.5 Å². The molecule has 1 aromatic rings. The van der Waals surface area contributed by atoms with Crippen molar-refractivity contribution in [2.24, 2.45) is 5.92 Å². The maximum atomic E-state index is 5.48. The van der Waals surface area contributed by atoms with Crippen LogP contribution in [0.2, 0.25) is 0 Å². The monoisotopic (exact) mass is 276 g/mol. The first-order chi connectivity index (χ1) is 9.80. The number of methoxy groups -OCH3 is 2. The molecule has 2 unspecified atom stereocenters. The van der Waals surface area contributed by atoms with Crippen LogP contribution >= 0.6 is 0 Å². The van der Waals surface area contributed by atoms with Crippen LogP contribution in [0.25, 0.3) is 0 Å². The van der Waals surface area contributed by atoms with Crippen molar-refractivity contribution in [3.63, 3.8) is 0 Å². The summed E-state index contributed by atoms with van der Waals surface area (Å²) in [4.78, 5) is 2.53. The molecule has 2 saturated heterocycles. The summed E-state index contributed by atoms with van der Waals surface area (Å²) in [5.74, 6) is 2.67. The summed E-state index contributed by atoms with van der Waals surface area (Å²) in [5, 5.41) is 3.65. The lowest BCUT2D eigenvalue weighted by Gasteiger charge is -2.24. The zero-order valence-corrected chi connectivity index (χ0v) is 12.4. The third-order valence-corrected chi connectivity index (χ3v) is 4.56. The van der Waals surface area contributed by atoms with Crippen molar-refractivity contribution in [1.29, 1.82) is 0 Å². The number of rotatable bonds is 4. The van der Waals surface area contributed by atoms with Crippen LogP contribution in [-0.2, 0) is 6.54 Å². The fourth-order valence-corrected chi connectivity index (χ4v) is 3.51. The maximum absolute atomic E-state index is 5.48. The van der Waals surface area contributed by atoms with E-state index in [0.717, 1.165) is 30.5 Å². The van der Waals surface area contributed by atoms with E-state index >= 15 is 0 Å². The molecule has 1 N–H and O–H groups in total. The van der Waals surface area contributed by atoms with E-state index in [0.29, 0.717) is 6.04 Å². The van der Waals surface area contributed by atoms with Crippen LogP contribution in [0.3, 0.4) is 0 Å². The van der Waals surface area contributed by atoms with E-state index in [1.54, 1.807) is 14.2 Å². The summed E-state index contributed by atoms with van der Waals surface area (Å²) in [5.41, 5.74) is 1.21. The zero-order chi connectivity index (χ0) is 13.9. The third kappa shape index (κ3) is 2.76. The molecule has 2 fully saturated rings. The molecule has 2 aliphatic rings. The van der Waals surface area contributed by atoms with Crippen molar-refractivity contribution in [3.8, 4) is 11.5 Å². The van der Waals surface area contributed by atoms with Gasteiger partial charge in [0, 0.05) is 31.2 Å². The second kappa shape index (κ2) is 6.02. The third-order valence-electron chi connectivity index (χ3n) is 4.56. The van der Waals surface area contributed by atoms with Crippen molar-refractivity contribution >= 4 is 0 Å². The topological polar surface area (TPSA) is 33.7 Å². The van der Waals surface area contributed by atoms with E-state index in [-0.39, 0.29) is 0 Å². The quantitative estimate of drug-likeness (QED) is 0.910. The molecular formula is C16H24N2O2. The highest BCUT2D eigenvalue weighted by atomic mass is 16.5. The maximum Gasteiger partial charge on any atom is 0.123 e.